The maximum absolute atomic E-state index is 11.7. The molecule has 0 atom stereocenters. The summed E-state index contributed by atoms with van der Waals surface area (Å²) in [4.78, 5) is 30.4. The van der Waals surface area contributed by atoms with Crippen molar-refractivity contribution in [3.05, 3.63) is 54.1 Å². The SMILES string of the molecule is CC(=O)c1cccc(OC(=O)c2ccncn2)c1. The van der Waals surface area contributed by atoms with Gasteiger partial charge in [0.05, 0.1) is 0 Å². The van der Waals surface area contributed by atoms with Crippen LogP contribution in [0.5, 0.6) is 5.75 Å². The average molecular weight is 242 g/mol. The number of aromatic nitrogens is 2. The van der Waals surface area contributed by atoms with Crippen molar-refractivity contribution in [3.8, 4) is 5.75 Å². The number of benzene rings is 1. The number of nitrogens with zero attached hydrogens (tertiary/aromatic N) is 2. The van der Waals surface area contributed by atoms with Crippen LogP contribution in [-0.2, 0) is 0 Å². The lowest BCUT2D eigenvalue weighted by Crippen LogP contribution is -2.10. The standard InChI is InChI=1S/C13H10N2O3/c1-9(16)10-3-2-4-11(7-10)18-13(17)12-5-6-14-8-15-12/h2-8H,1H3. The fourth-order valence-electron chi connectivity index (χ4n) is 1.35. The van der Waals surface area contributed by atoms with Crippen LogP contribution in [0.4, 0.5) is 0 Å². The highest BCUT2D eigenvalue weighted by Gasteiger charge is 2.10. The Morgan fingerprint density at radius 2 is 2.06 bits per heavy atom. The number of ether oxygens (including phenoxy) is 1. The summed E-state index contributed by atoms with van der Waals surface area (Å²) in [5, 5.41) is 0. The average Bonchev–Trinajstić information content (AvgIpc) is 2.40. The smallest absolute Gasteiger partial charge is 0.362 e. The Hall–Kier alpha value is -2.56. The van der Waals surface area contributed by atoms with E-state index in [0.717, 1.165) is 0 Å². The summed E-state index contributed by atoms with van der Waals surface area (Å²) >= 11 is 0. The molecule has 0 saturated carbocycles. The fourth-order valence-corrected chi connectivity index (χ4v) is 1.35. The minimum Gasteiger partial charge on any atom is -0.422 e. The van der Waals surface area contributed by atoms with E-state index in [9.17, 15) is 9.59 Å². The summed E-state index contributed by atoms with van der Waals surface area (Å²) in [5.41, 5.74) is 0.654. The van der Waals surface area contributed by atoms with Gasteiger partial charge < -0.3 is 4.74 Å². The number of Topliss-reactive ketones (excluding diaryl/α,β-unsaturated/α-hetero) is 1. The zero-order valence-electron chi connectivity index (χ0n) is 9.66. The lowest BCUT2D eigenvalue weighted by molar-refractivity contribution is 0.0727. The van der Waals surface area contributed by atoms with E-state index >= 15 is 0 Å². The van der Waals surface area contributed by atoms with E-state index < -0.39 is 5.97 Å². The molecule has 0 N–H and O–H groups in total. The Morgan fingerprint density at radius 3 is 2.72 bits per heavy atom. The number of carbonyl (C=O) groups is 2. The van der Waals surface area contributed by atoms with Crippen molar-refractivity contribution in [3.63, 3.8) is 0 Å². The third-order valence-corrected chi connectivity index (χ3v) is 2.24. The maximum atomic E-state index is 11.7. The molecule has 5 heteroatoms. The largest absolute Gasteiger partial charge is 0.422 e. The summed E-state index contributed by atoms with van der Waals surface area (Å²) in [6.45, 7) is 1.45. The van der Waals surface area contributed by atoms with Gasteiger partial charge in [-0.25, -0.2) is 14.8 Å². The summed E-state index contributed by atoms with van der Waals surface area (Å²) in [6.07, 6.45) is 2.72. The zero-order valence-corrected chi connectivity index (χ0v) is 9.66. The molecule has 0 bridgehead atoms. The molecule has 0 fully saturated rings. The van der Waals surface area contributed by atoms with Gasteiger partial charge in [0.1, 0.15) is 12.1 Å². The molecule has 18 heavy (non-hydrogen) atoms. The minimum absolute atomic E-state index is 0.0880. The topological polar surface area (TPSA) is 69.2 Å². The van der Waals surface area contributed by atoms with Gasteiger partial charge in [0.2, 0.25) is 0 Å². The van der Waals surface area contributed by atoms with Gasteiger partial charge in [0.15, 0.2) is 11.5 Å². The molecule has 5 nitrogen and oxygen atoms in total. The Balaban J connectivity index is 2.17. The van der Waals surface area contributed by atoms with E-state index in [1.54, 1.807) is 18.2 Å². The predicted octanol–water partition coefficient (Wildman–Crippen LogP) is 1.90. The maximum Gasteiger partial charge on any atom is 0.362 e. The highest BCUT2D eigenvalue weighted by Crippen LogP contribution is 2.15. The van der Waals surface area contributed by atoms with Crippen molar-refractivity contribution >= 4 is 11.8 Å². The molecule has 0 radical (unpaired) electrons. The second-order valence-corrected chi connectivity index (χ2v) is 3.57. The number of carbonyl (C=O) groups excluding carboxylic acids is 2. The van der Waals surface area contributed by atoms with Crippen molar-refractivity contribution in [2.24, 2.45) is 0 Å². The van der Waals surface area contributed by atoms with Crippen LogP contribution in [0.3, 0.4) is 0 Å². The molecule has 1 aromatic heterocycles. The summed E-state index contributed by atoms with van der Waals surface area (Å²) in [5.74, 6) is -0.362. The number of ketones is 1. The van der Waals surface area contributed by atoms with Crippen molar-refractivity contribution in [2.45, 2.75) is 6.92 Å². The molecule has 1 heterocycles. The van der Waals surface area contributed by atoms with Gasteiger partial charge in [0, 0.05) is 11.8 Å². The zero-order chi connectivity index (χ0) is 13.0. The van der Waals surface area contributed by atoms with Gasteiger partial charge in [-0.2, -0.15) is 0 Å². The van der Waals surface area contributed by atoms with Crippen LogP contribution >= 0.6 is 0 Å². The lowest BCUT2D eigenvalue weighted by Gasteiger charge is -2.04. The Kier molecular flexibility index (Phi) is 3.43. The molecule has 0 aliphatic carbocycles. The predicted molar refractivity (Wildman–Crippen MR) is 63.4 cm³/mol. The molecule has 0 aliphatic rings. The first kappa shape index (κ1) is 11.9. The third-order valence-electron chi connectivity index (χ3n) is 2.24. The van der Waals surface area contributed by atoms with E-state index in [2.05, 4.69) is 9.97 Å². The summed E-state index contributed by atoms with van der Waals surface area (Å²) < 4.78 is 5.11. The first-order valence-corrected chi connectivity index (χ1v) is 5.26. The van der Waals surface area contributed by atoms with Crippen molar-refractivity contribution in [1.29, 1.82) is 0 Å². The van der Waals surface area contributed by atoms with Crippen LogP contribution in [0.2, 0.25) is 0 Å². The summed E-state index contributed by atoms with van der Waals surface area (Å²) in [6, 6.07) is 7.88. The van der Waals surface area contributed by atoms with Gasteiger partial charge in [-0.3, -0.25) is 4.79 Å². The number of hydrogen-bond acceptors (Lipinski definition) is 5. The van der Waals surface area contributed by atoms with Gasteiger partial charge in [0.25, 0.3) is 0 Å². The van der Waals surface area contributed by atoms with Crippen LogP contribution in [-0.4, -0.2) is 21.7 Å². The van der Waals surface area contributed by atoms with E-state index in [-0.39, 0.29) is 11.5 Å². The van der Waals surface area contributed by atoms with E-state index in [1.807, 2.05) is 0 Å². The van der Waals surface area contributed by atoms with Crippen LogP contribution in [0.25, 0.3) is 0 Å². The normalized spacial score (nSPS) is 9.83. The second kappa shape index (κ2) is 5.18. The highest BCUT2D eigenvalue weighted by molar-refractivity contribution is 5.95. The number of rotatable bonds is 3. The molecule has 0 unspecified atom stereocenters. The molecule has 0 saturated heterocycles. The Morgan fingerprint density at radius 1 is 1.22 bits per heavy atom. The van der Waals surface area contributed by atoms with Gasteiger partial charge in [-0.05, 0) is 25.1 Å². The molecule has 2 aromatic rings. The molecular weight excluding hydrogens is 232 g/mol. The van der Waals surface area contributed by atoms with Gasteiger partial charge in [-0.1, -0.05) is 12.1 Å². The quantitative estimate of drug-likeness (QED) is 0.467. The molecule has 0 amide bonds. The molecule has 1 aromatic carbocycles. The van der Waals surface area contributed by atoms with Crippen LogP contribution < -0.4 is 4.74 Å². The lowest BCUT2D eigenvalue weighted by atomic mass is 10.1. The fraction of sp³-hybridized carbons (Fsp3) is 0.0769. The minimum atomic E-state index is -0.585. The summed E-state index contributed by atoms with van der Waals surface area (Å²) in [7, 11) is 0. The molecular formula is C13H10N2O3. The van der Waals surface area contributed by atoms with Gasteiger partial charge in [-0.15, -0.1) is 0 Å². The van der Waals surface area contributed by atoms with Crippen molar-refractivity contribution in [1.82, 2.24) is 9.97 Å². The Labute approximate surface area is 103 Å². The molecule has 90 valence electrons. The first-order valence-electron chi connectivity index (χ1n) is 5.26. The first-order chi connectivity index (χ1) is 8.66. The van der Waals surface area contributed by atoms with E-state index in [1.165, 1.54) is 31.6 Å². The molecule has 2 rings (SSSR count). The highest BCUT2D eigenvalue weighted by atomic mass is 16.5. The van der Waals surface area contributed by atoms with Crippen LogP contribution in [0.1, 0.15) is 27.8 Å². The number of hydrogen-bond donors (Lipinski definition) is 0. The van der Waals surface area contributed by atoms with Crippen LogP contribution in [0, 0.1) is 0 Å². The monoisotopic (exact) mass is 242 g/mol. The second-order valence-electron chi connectivity index (χ2n) is 3.57. The number of esters is 1. The van der Waals surface area contributed by atoms with Gasteiger partial charge >= 0.3 is 5.97 Å². The molecule has 0 aliphatic heterocycles. The van der Waals surface area contributed by atoms with Crippen LogP contribution in [0.15, 0.2) is 42.9 Å². The Bertz CT molecular complexity index is 582. The molecule has 0 spiro atoms. The van der Waals surface area contributed by atoms with E-state index in [4.69, 9.17) is 4.74 Å². The van der Waals surface area contributed by atoms with Crippen molar-refractivity contribution in [2.75, 3.05) is 0 Å². The third kappa shape index (κ3) is 2.76. The van der Waals surface area contributed by atoms with Crippen molar-refractivity contribution < 1.29 is 14.3 Å². The van der Waals surface area contributed by atoms with E-state index in [0.29, 0.717) is 11.3 Å².